The molecular formula is C18H14ClF6N5. The van der Waals surface area contributed by atoms with Crippen LogP contribution in [0, 0.1) is 22.9 Å². The number of rotatable bonds is 6. The van der Waals surface area contributed by atoms with Gasteiger partial charge in [0.05, 0.1) is 11.1 Å². The number of halogens is 7. The van der Waals surface area contributed by atoms with Gasteiger partial charge in [0.25, 0.3) is 0 Å². The lowest BCUT2D eigenvalue weighted by Crippen LogP contribution is -2.34. The van der Waals surface area contributed by atoms with Gasteiger partial charge in [-0.25, -0.2) is 23.1 Å². The van der Waals surface area contributed by atoms with Crippen LogP contribution in [0.5, 0.6) is 0 Å². The lowest BCUT2D eigenvalue weighted by Gasteiger charge is -2.21. The largest absolute Gasteiger partial charge is 0.408 e. The predicted octanol–water partition coefficient (Wildman–Crippen LogP) is 5.55. The summed E-state index contributed by atoms with van der Waals surface area (Å²) in [6.07, 6.45) is -1.23. The lowest BCUT2D eigenvalue weighted by molar-refractivity contribution is -0.138. The Bertz CT molecular complexity index is 996. The molecule has 0 aliphatic carbocycles. The van der Waals surface area contributed by atoms with E-state index < -0.39 is 51.8 Å². The fraction of sp³-hybridized carbons (Fsp3) is 0.222. The number of nitrogens with one attached hydrogen (secondary N) is 2. The molecule has 2 N–H and O–H groups in total. The summed E-state index contributed by atoms with van der Waals surface area (Å²) in [4.78, 5) is 11.5. The van der Waals surface area contributed by atoms with E-state index in [1.165, 1.54) is 12.3 Å². The number of allylic oxidation sites excluding steroid dienone is 1. The maximum atomic E-state index is 14.3. The second kappa shape index (κ2) is 9.24. The van der Waals surface area contributed by atoms with E-state index in [2.05, 4.69) is 15.0 Å². The summed E-state index contributed by atoms with van der Waals surface area (Å²) in [7, 11) is 0. The van der Waals surface area contributed by atoms with Crippen molar-refractivity contribution in [3.8, 4) is 11.1 Å². The van der Waals surface area contributed by atoms with E-state index >= 15 is 0 Å². The van der Waals surface area contributed by atoms with Gasteiger partial charge in [0.2, 0.25) is 0 Å². The second-order valence-corrected chi connectivity index (χ2v) is 6.21. The Morgan fingerprint density at radius 2 is 1.77 bits per heavy atom. The van der Waals surface area contributed by atoms with Crippen LogP contribution in [-0.4, -0.2) is 34.1 Å². The maximum absolute atomic E-state index is 14.3. The van der Waals surface area contributed by atoms with Crippen LogP contribution in [0.4, 0.5) is 32.2 Å². The summed E-state index contributed by atoms with van der Waals surface area (Å²) in [5, 5.41) is 8.76. The van der Waals surface area contributed by atoms with Gasteiger partial charge >= 0.3 is 6.18 Å². The molecule has 1 heterocycles. The zero-order chi connectivity index (χ0) is 22.6. The van der Waals surface area contributed by atoms with Gasteiger partial charge in [-0.15, -0.1) is 0 Å². The van der Waals surface area contributed by atoms with E-state index in [-0.39, 0.29) is 11.5 Å². The lowest BCUT2D eigenvalue weighted by atomic mass is 10.1. The highest BCUT2D eigenvalue weighted by atomic mass is 35.5. The number of aromatic nitrogens is 2. The van der Waals surface area contributed by atoms with Crippen molar-refractivity contribution in [2.75, 3.05) is 5.32 Å². The average Bonchev–Trinajstić information content (AvgIpc) is 2.62. The van der Waals surface area contributed by atoms with Crippen molar-refractivity contribution < 1.29 is 26.3 Å². The van der Waals surface area contributed by atoms with Gasteiger partial charge in [-0.05, 0) is 13.8 Å². The fourth-order valence-corrected chi connectivity index (χ4v) is 2.52. The Morgan fingerprint density at radius 3 is 2.27 bits per heavy atom. The first-order valence-corrected chi connectivity index (χ1v) is 8.62. The summed E-state index contributed by atoms with van der Waals surface area (Å²) in [5.41, 5.74) is -1.72. The summed E-state index contributed by atoms with van der Waals surface area (Å²) in [6.45, 7) is 2.38. The van der Waals surface area contributed by atoms with Crippen LogP contribution in [0.1, 0.15) is 19.7 Å². The molecule has 12 heteroatoms. The summed E-state index contributed by atoms with van der Waals surface area (Å²) < 4.78 is 81.1. The minimum absolute atomic E-state index is 0.177. The van der Waals surface area contributed by atoms with Crippen molar-refractivity contribution in [3.05, 3.63) is 52.8 Å². The molecule has 0 unspecified atom stereocenters. The molecule has 0 bridgehead atoms. The van der Waals surface area contributed by atoms with Crippen LogP contribution < -0.4 is 5.32 Å². The van der Waals surface area contributed by atoms with Gasteiger partial charge in [0.15, 0.2) is 5.82 Å². The quantitative estimate of drug-likeness (QED) is 0.345. The normalized spacial score (nSPS) is 13.6. The number of hydrogen-bond donors (Lipinski definition) is 2. The monoisotopic (exact) mass is 449 g/mol. The molecule has 0 fully saturated rings. The number of hydrogen-bond acceptors (Lipinski definition) is 5. The average molecular weight is 450 g/mol. The number of anilines is 1. The topological polar surface area (TPSA) is 74.0 Å². The highest BCUT2D eigenvalue weighted by Gasteiger charge is 2.37. The Hall–Kier alpha value is -2.95. The molecule has 2 aromatic rings. The number of alkyl halides is 3. The van der Waals surface area contributed by atoms with Gasteiger partial charge in [0, 0.05) is 24.5 Å². The van der Waals surface area contributed by atoms with Gasteiger partial charge in [-0.3, -0.25) is 4.99 Å². The first-order chi connectivity index (χ1) is 14.0. The first kappa shape index (κ1) is 23.3. The Kier molecular flexibility index (Phi) is 7.19. The third kappa shape index (κ3) is 5.15. The fourth-order valence-electron chi connectivity index (χ4n) is 2.26. The van der Waals surface area contributed by atoms with Crippen molar-refractivity contribution in [1.29, 1.82) is 5.41 Å². The minimum atomic E-state index is -4.74. The molecule has 1 aromatic carbocycles. The molecule has 5 nitrogen and oxygen atoms in total. The molecule has 0 aliphatic heterocycles. The van der Waals surface area contributed by atoms with Crippen LogP contribution in [0.15, 0.2) is 29.4 Å². The van der Waals surface area contributed by atoms with Gasteiger partial charge in [0.1, 0.15) is 40.2 Å². The van der Waals surface area contributed by atoms with Crippen LogP contribution in [0.25, 0.3) is 11.1 Å². The Balaban J connectivity index is 2.80. The molecule has 0 saturated heterocycles. The first-order valence-electron chi connectivity index (χ1n) is 8.25. The van der Waals surface area contributed by atoms with Crippen LogP contribution in [0.2, 0.25) is 5.15 Å². The van der Waals surface area contributed by atoms with Crippen molar-refractivity contribution in [3.63, 3.8) is 0 Å². The molecule has 1 atom stereocenters. The van der Waals surface area contributed by atoms with Crippen molar-refractivity contribution in [2.24, 2.45) is 4.99 Å². The molecule has 0 saturated carbocycles. The number of nitrogens with zero attached hydrogens (tertiary/aromatic N) is 3. The van der Waals surface area contributed by atoms with Gasteiger partial charge in [-0.2, -0.15) is 13.2 Å². The molecule has 1 aromatic heterocycles. The molecule has 0 radical (unpaired) electrons. The van der Waals surface area contributed by atoms with Crippen molar-refractivity contribution >= 4 is 29.3 Å². The third-order valence-electron chi connectivity index (χ3n) is 3.69. The van der Waals surface area contributed by atoms with Gasteiger partial charge < -0.3 is 10.7 Å². The van der Waals surface area contributed by atoms with Crippen molar-refractivity contribution in [1.82, 2.24) is 9.97 Å². The standard InChI is InChI=1S/C18H14ClF6N5/c1-3-4-27-12(7-26)16-29-15(19)14(13-10(21)5-9(20)6-11(13)22)17(30-16)28-8(2)18(23,24)25/h3-8,26H,1-2H3,(H,28,29,30)/b4-3-,26-7?,27-12?/t8-/m0/s1. The molecule has 0 spiro atoms. The van der Waals surface area contributed by atoms with E-state index in [9.17, 15) is 26.3 Å². The molecule has 0 aliphatic rings. The Morgan fingerprint density at radius 1 is 1.17 bits per heavy atom. The maximum Gasteiger partial charge on any atom is 0.408 e. The minimum Gasteiger partial charge on any atom is -0.358 e. The van der Waals surface area contributed by atoms with Crippen LogP contribution in [-0.2, 0) is 0 Å². The third-order valence-corrected chi connectivity index (χ3v) is 3.97. The van der Waals surface area contributed by atoms with Crippen molar-refractivity contribution in [2.45, 2.75) is 26.1 Å². The smallest absolute Gasteiger partial charge is 0.358 e. The van der Waals surface area contributed by atoms with Crippen LogP contribution >= 0.6 is 11.6 Å². The van der Waals surface area contributed by atoms with E-state index in [4.69, 9.17) is 17.0 Å². The zero-order valence-corrected chi connectivity index (χ0v) is 16.2. The highest BCUT2D eigenvalue weighted by Crippen LogP contribution is 2.38. The van der Waals surface area contributed by atoms with E-state index in [1.54, 1.807) is 6.92 Å². The SMILES string of the molecule is C/C=C\N=C(C=N)c1nc(Cl)c(-c2c(F)cc(F)cc2F)c(N[C@@H](C)C(F)(F)F)n1. The molecule has 0 amide bonds. The molecule has 30 heavy (non-hydrogen) atoms. The van der Waals surface area contributed by atoms with E-state index in [0.29, 0.717) is 12.1 Å². The molecular weight excluding hydrogens is 436 g/mol. The number of aliphatic imine (C=N–C) groups is 1. The summed E-state index contributed by atoms with van der Waals surface area (Å²) in [6, 6.07) is -1.51. The zero-order valence-electron chi connectivity index (χ0n) is 15.5. The highest BCUT2D eigenvalue weighted by molar-refractivity contribution is 6.37. The molecule has 160 valence electrons. The Labute approximate surface area is 172 Å². The second-order valence-electron chi connectivity index (χ2n) is 5.85. The number of benzene rings is 1. The van der Waals surface area contributed by atoms with Crippen LogP contribution in [0.3, 0.4) is 0 Å². The van der Waals surface area contributed by atoms with Gasteiger partial charge in [-0.1, -0.05) is 17.7 Å². The summed E-state index contributed by atoms with van der Waals surface area (Å²) >= 11 is 6.04. The summed E-state index contributed by atoms with van der Waals surface area (Å²) in [5.74, 6) is -5.09. The predicted molar refractivity (Wildman–Crippen MR) is 102 cm³/mol. The molecule has 2 rings (SSSR count). The van der Waals surface area contributed by atoms with E-state index in [1.807, 2.05) is 5.32 Å². The van der Waals surface area contributed by atoms with E-state index in [0.717, 1.165) is 13.1 Å².